The Morgan fingerprint density at radius 3 is 2.56 bits per heavy atom. The quantitative estimate of drug-likeness (QED) is 0.540. The van der Waals surface area contributed by atoms with Gasteiger partial charge >= 0.3 is 0 Å². The van der Waals surface area contributed by atoms with Gasteiger partial charge in [-0.25, -0.2) is 0 Å². The van der Waals surface area contributed by atoms with E-state index in [1.807, 2.05) is 8.93 Å². The van der Waals surface area contributed by atoms with Gasteiger partial charge < -0.3 is 0 Å². The average Bonchev–Trinajstić information content (AvgIpc) is 2.55. The third-order valence-electron chi connectivity index (χ3n) is 2.96. The van der Waals surface area contributed by atoms with Gasteiger partial charge in [0, 0.05) is 12.1 Å². The van der Waals surface area contributed by atoms with Gasteiger partial charge in [0.2, 0.25) is 11.0 Å². The van der Waals surface area contributed by atoms with Crippen molar-refractivity contribution in [1.29, 1.82) is 0 Å². The maximum atomic E-state index is 2.48. The van der Waals surface area contributed by atoms with Crippen LogP contribution in [0.1, 0.15) is 13.8 Å². The van der Waals surface area contributed by atoms with Gasteiger partial charge in [-0.2, -0.15) is 4.58 Å². The van der Waals surface area contributed by atoms with E-state index >= 15 is 0 Å². The number of benzene rings is 2. The zero-order chi connectivity index (χ0) is 12.5. The molecule has 0 radical (unpaired) electrons. The summed E-state index contributed by atoms with van der Waals surface area (Å²) >= 11 is 0.000757. The van der Waals surface area contributed by atoms with Crippen LogP contribution in [0.3, 0.4) is 0 Å². The summed E-state index contributed by atoms with van der Waals surface area (Å²) in [5, 5.41) is 1.40. The molecule has 1 aliphatic rings. The van der Waals surface area contributed by atoms with Crippen molar-refractivity contribution in [2.45, 2.75) is 24.8 Å². The first-order chi connectivity index (χ1) is 8.77. The average molecular weight is 368 g/mol. The lowest BCUT2D eigenvalue weighted by Gasteiger charge is -2.08. The molecule has 2 aromatic rings. The van der Waals surface area contributed by atoms with Crippen LogP contribution in [0.4, 0.5) is 5.69 Å². The minimum absolute atomic E-state index is 0.000757. The molecule has 92 valence electrons. The zero-order valence-electron chi connectivity index (χ0n) is 10.4. The fourth-order valence-electron chi connectivity index (χ4n) is 2.20. The lowest BCUT2D eigenvalue weighted by Crippen LogP contribution is -2.32. The second-order valence-corrected chi connectivity index (χ2v) is 9.09. The summed E-state index contributed by atoms with van der Waals surface area (Å²) < 4.78 is 4.01. The number of fused-ring (bicyclic) bond motifs is 2. The van der Waals surface area contributed by atoms with Crippen molar-refractivity contribution in [2.24, 2.45) is 0 Å². The molecule has 3 heteroatoms. The molecule has 0 aromatic heterocycles. The first kappa shape index (κ1) is 12.4. The van der Waals surface area contributed by atoms with Crippen molar-refractivity contribution in [3.8, 4) is 0 Å². The second-order valence-electron chi connectivity index (χ2n) is 4.54. The summed E-state index contributed by atoms with van der Waals surface area (Å²) in [4.78, 5) is 1.43. The highest BCUT2D eigenvalue weighted by molar-refractivity contribution is 14.2. The molecule has 2 aromatic carbocycles. The Bertz CT molecular complexity index is 706. The van der Waals surface area contributed by atoms with Crippen molar-refractivity contribution < 1.29 is 0 Å². The number of hydrogen-bond donors (Lipinski definition) is 0. The molecule has 0 atom stereocenters. The molecule has 0 amide bonds. The predicted octanol–water partition coefficient (Wildman–Crippen LogP) is 4.16. The van der Waals surface area contributed by atoms with Crippen LogP contribution in [-0.2, 0) is 0 Å². The van der Waals surface area contributed by atoms with Crippen molar-refractivity contribution in [1.82, 2.24) is 4.58 Å². The van der Waals surface area contributed by atoms with E-state index in [0.717, 1.165) is 0 Å². The van der Waals surface area contributed by atoms with E-state index < -0.39 is 0 Å². The van der Waals surface area contributed by atoms with Gasteiger partial charge in [0.15, 0.2) is 6.04 Å². The topological polar surface area (TPSA) is 3.01 Å². The van der Waals surface area contributed by atoms with Crippen LogP contribution < -0.4 is 9.93 Å². The highest BCUT2D eigenvalue weighted by Gasteiger charge is 2.21. The van der Waals surface area contributed by atoms with Crippen LogP contribution in [0, 0.1) is 3.15 Å². The molecule has 0 bridgehead atoms. The zero-order valence-corrected chi connectivity index (χ0v) is 13.4. The minimum Gasteiger partial charge on any atom is -0.188 e. The Balaban J connectivity index is 2.46. The fourth-order valence-corrected chi connectivity index (χ4v) is 7.18. The molecule has 1 aliphatic heterocycles. The molecule has 0 aliphatic carbocycles. The summed E-state index contributed by atoms with van der Waals surface area (Å²) in [6.07, 6.45) is 0. The number of rotatable bonds is 1. The van der Waals surface area contributed by atoms with Crippen LogP contribution in [0.25, 0.3) is 0 Å². The maximum absolute atomic E-state index is 2.48. The maximum Gasteiger partial charge on any atom is 0.220 e. The van der Waals surface area contributed by atoms with Gasteiger partial charge in [-0.15, -0.1) is 0 Å². The smallest absolute Gasteiger partial charge is 0.188 e. The Labute approximate surface area is 120 Å². The summed E-state index contributed by atoms with van der Waals surface area (Å²) in [5.74, 6) is 0. The summed E-state index contributed by atoms with van der Waals surface area (Å²) in [6, 6.07) is 18.1. The molecule has 3 rings (SSSR count). The van der Waals surface area contributed by atoms with E-state index in [2.05, 4.69) is 67.0 Å². The summed E-state index contributed by atoms with van der Waals surface area (Å²) in [6.45, 7) is 4.53. The Hall–Kier alpha value is -0.680. The number of para-hydroxylation sites is 2. The molecule has 0 fully saturated rings. The number of nitrogens with zero attached hydrogens (tertiary/aromatic N) is 1. The Morgan fingerprint density at radius 1 is 1.00 bits per heavy atom. The molecule has 18 heavy (non-hydrogen) atoms. The Morgan fingerprint density at radius 2 is 1.72 bits per heavy atom. The number of hydrogen-bond acceptors (Lipinski definition) is 1. The lowest BCUT2D eigenvalue weighted by molar-refractivity contribution is 0.600. The van der Waals surface area contributed by atoms with Crippen molar-refractivity contribution in [3.05, 3.63) is 57.0 Å². The van der Waals surface area contributed by atoms with E-state index in [0.29, 0.717) is 6.04 Å². The molecule has 1 nitrogen and oxygen atoms in total. The predicted molar refractivity (Wildman–Crippen MR) is 87.3 cm³/mol. The third-order valence-corrected chi connectivity index (χ3v) is 8.13. The fraction of sp³-hybridized carbons (Fsp3) is 0.200. The van der Waals surface area contributed by atoms with E-state index in [-0.39, 0.29) is 19.3 Å². The molecule has 0 spiro atoms. The van der Waals surface area contributed by atoms with Gasteiger partial charge in [0.25, 0.3) is 0 Å². The number of halogens is 1. The molecule has 0 saturated carbocycles. The largest absolute Gasteiger partial charge is 0.220 e. The molecule has 0 unspecified atom stereocenters. The normalized spacial score (nSPS) is 14.1. The van der Waals surface area contributed by atoms with Crippen LogP contribution in [0.5, 0.6) is 0 Å². The van der Waals surface area contributed by atoms with Crippen molar-refractivity contribution >= 4 is 34.0 Å². The highest BCUT2D eigenvalue weighted by Crippen LogP contribution is 2.39. The van der Waals surface area contributed by atoms with Crippen LogP contribution in [0.2, 0.25) is 0 Å². The van der Waals surface area contributed by atoms with Crippen LogP contribution >= 0.6 is 28.3 Å². The second kappa shape index (κ2) is 5.13. The van der Waals surface area contributed by atoms with E-state index in [9.17, 15) is 0 Å². The molecule has 0 saturated heterocycles. The van der Waals surface area contributed by atoms with Gasteiger partial charge in [-0.1, -0.05) is 33.2 Å². The van der Waals surface area contributed by atoms with Crippen LogP contribution in [-0.4, -0.2) is 6.04 Å². The first-order valence-corrected chi connectivity index (χ1v) is 10.5. The lowest BCUT2D eigenvalue weighted by atomic mass is 10.2. The Kier molecular flexibility index (Phi) is 3.52. The monoisotopic (exact) mass is 368 g/mol. The highest BCUT2D eigenvalue weighted by atomic mass is 127. The van der Waals surface area contributed by atoms with Crippen LogP contribution in [0.15, 0.2) is 53.4 Å². The van der Waals surface area contributed by atoms with Gasteiger partial charge in [-0.05, 0) is 45.3 Å². The standard InChI is InChI=1S/C15H15INS/c1-11(2)17-13-8-4-3-7-12(13)16-18-15-10-6-5-9-14(15)17/h3-11H,1-2H3/q+1. The van der Waals surface area contributed by atoms with E-state index in [4.69, 9.17) is 0 Å². The van der Waals surface area contributed by atoms with Gasteiger partial charge in [-0.3, -0.25) is 0 Å². The van der Waals surface area contributed by atoms with E-state index in [1.165, 1.54) is 19.1 Å². The van der Waals surface area contributed by atoms with Crippen molar-refractivity contribution in [3.63, 3.8) is 0 Å². The summed E-state index contributed by atoms with van der Waals surface area (Å²) in [5.41, 5.74) is 1.36. The van der Waals surface area contributed by atoms with Gasteiger partial charge in [0.05, 0.1) is 8.05 Å². The minimum atomic E-state index is 0.000757. The third kappa shape index (κ3) is 2.14. The van der Waals surface area contributed by atoms with Gasteiger partial charge in [0.1, 0.15) is 0 Å². The molecule has 0 N–H and O–H groups in total. The van der Waals surface area contributed by atoms with E-state index in [1.54, 1.807) is 0 Å². The molecular formula is C15H15INS+. The molecule has 1 heterocycles. The summed E-state index contributed by atoms with van der Waals surface area (Å²) in [7, 11) is 2.04. The SMILES string of the molecule is CC(C)[N+]1=c2ccccc2=ISc2ccccc21. The molecular weight excluding hydrogens is 353 g/mol. The first-order valence-electron chi connectivity index (χ1n) is 6.06. The van der Waals surface area contributed by atoms with Crippen molar-refractivity contribution in [2.75, 3.05) is 0 Å².